The van der Waals surface area contributed by atoms with Crippen LogP contribution >= 0.6 is 11.8 Å². The van der Waals surface area contributed by atoms with E-state index >= 15 is 0 Å². The average Bonchev–Trinajstić information content (AvgIpc) is 2.56. The van der Waals surface area contributed by atoms with Crippen molar-refractivity contribution in [2.75, 3.05) is 19.0 Å². The third-order valence-corrected chi connectivity index (χ3v) is 5.18. The fourth-order valence-corrected chi connectivity index (χ4v) is 4.17. The normalized spacial score (nSPS) is 25.9. The van der Waals surface area contributed by atoms with Crippen molar-refractivity contribution in [1.29, 1.82) is 5.53 Å². The predicted molar refractivity (Wildman–Crippen MR) is 85.0 cm³/mol. The molecule has 1 aromatic rings. The van der Waals surface area contributed by atoms with Crippen molar-refractivity contribution in [3.8, 4) is 0 Å². The minimum Gasteiger partial charge on any atom is -0.465 e. The first kappa shape index (κ1) is 16.6. The average molecular weight is 352 g/mol. The van der Waals surface area contributed by atoms with Gasteiger partial charge in [-0.3, -0.25) is 10.3 Å². The van der Waals surface area contributed by atoms with Crippen LogP contribution in [0, 0.1) is 17.3 Å². The molecule has 8 nitrogen and oxygen atoms in total. The molecular weight excluding hydrogens is 337 g/mol. The Morgan fingerprint density at radius 1 is 1.62 bits per heavy atom. The van der Waals surface area contributed by atoms with E-state index in [4.69, 9.17) is 15.4 Å². The molecule has 10 heteroatoms. The second-order valence-corrected chi connectivity index (χ2v) is 6.48. The number of carboxylic acid groups (broad SMARTS) is 1. The standard InChI is InChI=1S/C14H14FN5O3S/c15-11-2-1-9(19-20-16)5-10(11)14-3-4-23-6-8(14)7-24-12(18-14)17-13(21)22/h1-2,5,8,16H,3-4,6-7H2,(H-,17,18,21,22)/p+1/t8?,14-/m0/s1. The minimum atomic E-state index is -1.21. The summed E-state index contributed by atoms with van der Waals surface area (Å²) in [6.07, 6.45) is -0.777. The van der Waals surface area contributed by atoms with Crippen LogP contribution in [0.1, 0.15) is 12.0 Å². The Hall–Kier alpha value is -2.29. The maximum atomic E-state index is 14.6. The maximum Gasteiger partial charge on any atom is 0.410 e. The zero-order valence-electron chi connectivity index (χ0n) is 12.5. The van der Waals surface area contributed by atoms with Gasteiger partial charge in [0.25, 0.3) is 0 Å². The molecule has 2 aliphatic rings. The zero-order valence-corrected chi connectivity index (χ0v) is 13.3. The second kappa shape index (κ2) is 6.68. The number of fused-ring (bicyclic) bond motifs is 1. The predicted octanol–water partition coefficient (Wildman–Crippen LogP) is 2.61. The van der Waals surface area contributed by atoms with E-state index in [1.807, 2.05) is 0 Å². The van der Waals surface area contributed by atoms with Crippen molar-refractivity contribution in [2.24, 2.45) is 16.0 Å². The van der Waals surface area contributed by atoms with Crippen LogP contribution in [0.4, 0.5) is 14.9 Å². The number of thioether (sulfide) groups is 1. The Morgan fingerprint density at radius 2 is 2.46 bits per heavy atom. The topological polar surface area (TPSA) is 121 Å². The van der Waals surface area contributed by atoms with E-state index in [0.29, 0.717) is 36.6 Å². The summed E-state index contributed by atoms with van der Waals surface area (Å²) >= 11 is 1.27. The first-order chi connectivity index (χ1) is 11.5. The van der Waals surface area contributed by atoms with Crippen molar-refractivity contribution in [2.45, 2.75) is 12.0 Å². The Morgan fingerprint density at radius 3 is 3.21 bits per heavy atom. The number of hydrogen-bond donors (Lipinski definition) is 3. The van der Waals surface area contributed by atoms with Crippen LogP contribution in [-0.4, -0.2) is 35.3 Å². The molecule has 0 aromatic heterocycles. The fraction of sp³-hybridized carbons (Fsp3) is 0.429. The van der Waals surface area contributed by atoms with Gasteiger partial charge in [-0.25, -0.2) is 9.18 Å². The smallest absolute Gasteiger partial charge is 0.410 e. The van der Waals surface area contributed by atoms with Crippen LogP contribution in [0.3, 0.4) is 0 Å². The number of ether oxygens (including phenoxy) is 1. The molecule has 0 saturated carbocycles. The number of nitrogens with one attached hydrogen (secondary N) is 2. The highest BCUT2D eigenvalue weighted by molar-refractivity contribution is 8.13. The number of nitrogens with zero attached hydrogens (tertiary/aromatic N) is 3. The molecule has 0 spiro atoms. The third-order valence-electron chi connectivity index (χ3n) is 4.14. The molecule has 24 heavy (non-hydrogen) atoms. The molecule has 0 aliphatic carbocycles. The third kappa shape index (κ3) is 3.03. The highest BCUT2D eigenvalue weighted by Gasteiger charge is 2.47. The molecule has 1 fully saturated rings. The number of carbonyl (C=O) groups is 1. The molecule has 0 bridgehead atoms. The van der Waals surface area contributed by atoms with Crippen LogP contribution in [0.25, 0.3) is 0 Å². The summed E-state index contributed by atoms with van der Waals surface area (Å²) in [5, 5.41) is 15.1. The lowest BCUT2D eigenvalue weighted by Crippen LogP contribution is -2.48. The van der Waals surface area contributed by atoms with E-state index in [0.717, 1.165) is 0 Å². The number of benzene rings is 1. The van der Waals surface area contributed by atoms with Gasteiger partial charge in [0.15, 0.2) is 16.0 Å². The van der Waals surface area contributed by atoms with Gasteiger partial charge < -0.3 is 9.84 Å². The molecule has 2 aliphatic heterocycles. The maximum absolute atomic E-state index is 14.6. The summed E-state index contributed by atoms with van der Waals surface area (Å²) in [7, 11) is 0. The monoisotopic (exact) mass is 352 g/mol. The summed E-state index contributed by atoms with van der Waals surface area (Å²) in [4.78, 5) is 18.5. The largest absolute Gasteiger partial charge is 0.465 e. The molecule has 1 unspecified atom stereocenters. The molecule has 0 radical (unpaired) electrons. The Kier molecular flexibility index (Phi) is 4.61. The fourth-order valence-electron chi connectivity index (χ4n) is 3.06. The van der Waals surface area contributed by atoms with Crippen molar-refractivity contribution in [1.82, 2.24) is 10.2 Å². The molecule has 3 rings (SSSR count). The minimum absolute atomic E-state index is 0.0896. The molecule has 1 aromatic carbocycles. The van der Waals surface area contributed by atoms with Gasteiger partial charge in [0.1, 0.15) is 11.3 Å². The highest BCUT2D eigenvalue weighted by Crippen LogP contribution is 2.46. The Labute approximate surface area is 140 Å². The van der Waals surface area contributed by atoms with Crippen molar-refractivity contribution in [3.05, 3.63) is 29.6 Å². The van der Waals surface area contributed by atoms with Gasteiger partial charge in [0.05, 0.1) is 12.1 Å². The van der Waals surface area contributed by atoms with Gasteiger partial charge in [-0.1, -0.05) is 11.8 Å². The van der Waals surface area contributed by atoms with Crippen molar-refractivity contribution >= 4 is 28.7 Å². The van der Waals surface area contributed by atoms with Gasteiger partial charge >= 0.3 is 6.09 Å². The van der Waals surface area contributed by atoms with Crippen LogP contribution in [0.2, 0.25) is 0 Å². The van der Waals surface area contributed by atoms with Crippen LogP contribution in [0.15, 0.2) is 28.3 Å². The van der Waals surface area contributed by atoms with Gasteiger partial charge in [-0.05, 0) is 18.2 Å². The number of rotatable bonds is 2. The molecule has 2 atom stereocenters. The van der Waals surface area contributed by atoms with Crippen molar-refractivity contribution in [3.63, 3.8) is 0 Å². The zero-order chi connectivity index (χ0) is 17.2. The van der Waals surface area contributed by atoms with Gasteiger partial charge in [-0.2, -0.15) is 0 Å². The Bertz CT molecular complexity index is 752. The van der Waals surface area contributed by atoms with Crippen LogP contribution < -0.4 is 10.2 Å². The van der Waals surface area contributed by atoms with Gasteiger partial charge in [0, 0.05) is 30.3 Å². The first-order valence-corrected chi connectivity index (χ1v) is 8.21. The van der Waals surface area contributed by atoms with Gasteiger partial charge in [0.2, 0.25) is 4.91 Å². The molecule has 1 amide bonds. The van der Waals surface area contributed by atoms with E-state index in [1.165, 1.54) is 30.0 Å². The van der Waals surface area contributed by atoms with Gasteiger partial charge in [-0.15, -0.1) is 0 Å². The lowest BCUT2D eigenvalue weighted by molar-refractivity contribution is 0.00878. The summed E-state index contributed by atoms with van der Waals surface area (Å²) in [6.45, 7) is 0.815. The molecule has 3 N–H and O–H groups in total. The van der Waals surface area contributed by atoms with E-state index in [9.17, 15) is 9.18 Å². The van der Waals surface area contributed by atoms with E-state index in [1.54, 1.807) is 0 Å². The summed E-state index contributed by atoms with van der Waals surface area (Å²) in [5.74, 6) is 0.0207. The first-order valence-electron chi connectivity index (χ1n) is 7.23. The second-order valence-electron chi connectivity index (χ2n) is 5.47. The number of amides is 1. The van der Waals surface area contributed by atoms with Crippen molar-refractivity contribution < 1.29 is 19.0 Å². The number of amidine groups is 1. The summed E-state index contributed by atoms with van der Waals surface area (Å²) < 4.78 is 20.1. The molecule has 126 valence electrons. The molecule has 1 saturated heterocycles. The van der Waals surface area contributed by atoms with E-state index in [-0.39, 0.29) is 11.1 Å². The number of halogens is 1. The van der Waals surface area contributed by atoms with Crippen LogP contribution in [0.5, 0.6) is 0 Å². The quantitative estimate of drug-likeness (QED) is 0.559. The lowest BCUT2D eigenvalue weighted by Gasteiger charge is -2.44. The van der Waals surface area contributed by atoms with Crippen LogP contribution in [-0.2, 0) is 10.3 Å². The SMILES string of the molecule is N=[N+]=Nc1ccc(F)c([C@]23CCOCC2CSC(NC(=O)O)=N3)c1. The number of aliphatic imine (C=N–C) groups is 1. The highest BCUT2D eigenvalue weighted by atomic mass is 32.2. The van der Waals surface area contributed by atoms with E-state index in [2.05, 4.69) is 20.3 Å². The molecular formula is C14H15FN5O3S+. The molecule has 2 heterocycles. The lowest BCUT2D eigenvalue weighted by atomic mass is 9.75. The Balaban J connectivity index is 2.13. The summed E-state index contributed by atoms with van der Waals surface area (Å²) in [6, 6.07) is 4.21. The van der Waals surface area contributed by atoms with E-state index < -0.39 is 17.4 Å². The summed E-state index contributed by atoms with van der Waals surface area (Å²) in [5.41, 5.74) is 6.59. The number of hydrogen-bond acceptors (Lipinski definition) is 6.